The second kappa shape index (κ2) is 9.20. The highest BCUT2D eigenvalue weighted by Crippen LogP contribution is 2.16. The summed E-state index contributed by atoms with van der Waals surface area (Å²) in [5.41, 5.74) is 2.23. The first-order valence-electron chi connectivity index (χ1n) is 9.33. The van der Waals surface area contributed by atoms with Crippen LogP contribution in [0, 0.1) is 0 Å². The second-order valence-electron chi connectivity index (χ2n) is 6.57. The maximum absolute atomic E-state index is 12.5. The zero-order chi connectivity index (χ0) is 20.8. The van der Waals surface area contributed by atoms with Gasteiger partial charge in [0.1, 0.15) is 0 Å². The van der Waals surface area contributed by atoms with E-state index in [1.165, 1.54) is 0 Å². The predicted octanol–water partition coefficient (Wildman–Crippen LogP) is 1.74. The van der Waals surface area contributed by atoms with Gasteiger partial charge in [-0.3, -0.25) is 18.7 Å². The van der Waals surface area contributed by atoms with Gasteiger partial charge in [0.05, 0.1) is 28.9 Å². The van der Waals surface area contributed by atoms with Crippen LogP contribution in [0.5, 0.6) is 0 Å². The van der Waals surface area contributed by atoms with Crippen molar-refractivity contribution in [3.63, 3.8) is 0 Å². The number of ether oxygens (including phenoxy) is 1. The van der Waals surface area contributed by atoms with Gasteiger partial charge in [0, 0.05) is 33.7 Å². The fourth-order valence-electron chi connectivity index (χ4n) is 3.16. The van der Waals surface area contributed by atoms with E-state index in [4.69, 9.17) is 4.74 Å². The Bertz CT molecular complexity index is 1080. The Balaban J connectivity index is 1.69. The summed E-state index contributed by atoms with van der Waals surface area (Å²) in [5.74, 6) is -0.565. The van der Waals surface area contributed by atoms with E-state index in [-0.39, 0.29) is 30.5 Å². The third kappa shape index (κ3) is 4.55. The molecule has 0 spiro atoms. The van der Waals surface area contributed by atoms with E-state index in [0.717, 1.165) is 11.0 Å². The van der Waals surface area contributed by atoms with Gasteiger partial charge in [0.2, 0.25) is 5.91 Å². The SMILES string of the molecule is COCCNC(=O)c1ccccc1NC(=O)CCn1c(=O)n(C)c2ccccc21. The van der Waals surface area contributed by atoms with Crippen molar-refractivity contribution in [3.05, 3.63) is 64.6 Å². The monoisotopic (exact) mass is 396 g/mol. The molecular formula is C21H24N4O4. The normalized spacial score (nSPS) is 10.8. The zero-order valence-electron chi connectivity index (χ0n) is 16.5. The Morgan fingerprint density at radius 1 is 1.03 bits per heavy atom. The van der Waals surface area contributed by atoms with Crippen LogP contribution < -0.4 is 16.3 Å². The third-order valence-corrected chi connectivity index (χ3v) is 4.65. The number of nitrogens with one attached hydrogen (secondary N) is 2. The summed E-state index contributed by atoms with van der Waals surface area (Å²) >= 11 is 0. The molecule has 0 aliphatic heterocycles. The van der Waals surface area contributed by atoms with Gasteiger partial charge in [-0.25, -0.2) is 4.79 Å². The van der Waals surface area contributed by atoms with E-state index in [0.29, 0.717) is 24.4 Å². The van der Waals surface area contributed by atoms with Gasteiger partial charge in [0.25, 0.3) is 5.91 Å². The number of anilines is 1. The van der Waals surface area contributed by atoms with Crippen molar-refractivity contribution in [3.8, 4) is 0 Å². The second-order valence-corrected chi connectivity index (χ2v) is 6.57. The molecular weight excluding hydrogens is 372 g/mol. The van der Waals surface area contributed by atoms with Crippen LogP contribution in [0.25, 0.3) is 11.0 Å². The van der Waals surface area contributed by atoms with Crippen LogP contribution in [0.1, 0.15) is 16.8 Å². The molecule has 0 radical (unpaired) electrons. The van der Waals surface area contributed by atoms with Gasteiger partial charge in [0.15, 0.2) is 0 Å². The van der Waals surface area contributed by atoms with Gasteiger partial charge in [-0.05, 0) is 24.3 Å². The van der Waals surface area contributed by atoms with Crippen LogP contribution in [-0.4, -0.2) is 41.2 Å². The number of aromatic nitrogens is 2. The fourth-order valence-corrected chi connectivity index (χ4v) is 3.16. The van der Waals surface area contributed by atoms with Crippen molar-refractivity contribution in [2.75, 3.05) is 25.6 Å². The predicted molar refractivity (Wildman–Crippen MR) is 111 cm³/mol. The molecule has 0 bridgehead atoms. The highest BCUT2D eigenvalue weighted by Gasteiger charge is 2.14. The number of nitrogens with zero attached hydrogens (tertiary/aromatic N) is 2. The summed E-state index contributed by atoms with van der Waals surface area (Å²) < 4.78 is 8.07. The molecule has 0 aliphatic carbocycles. The lowest BCUT2D eigenvalue weighted by Crippen LogP contribution is -2.28. The van der Waals surface area contributed by atoms with Crippen molar-refractivity contribution < 1.29 is 14.3 Å². The molecule has 2 amide bonds. The Kier molecular flexibility index (Phi) is 6.46. The first-order valence-corrected chi connectivity index (χ1v) is 9.33. The van der Waals surface area contributed by atoms with Crippen molar-refractivity contribution in [2.45, 2.75) is 13.0 Å². The van der Waals surface area contributed by atoms with E-state index in [9.17, 15) is 14.4 Å². The van der Waals surface area contributed by atoms with Crippen molar-refractivity contribution >= 4 is 28.5 Å². The minimum atomic E-state index is -0.289. The minimum Gasteiger partial charge on any atom is -0.383 e. The summed E-state index contributed by atoms with van der Waals surface area (Å²) in [6.45, 7) is 1.02. The summed E-state index contributed by atoms with van der Waals surface area (Å²) in [6.07, 6.45) is 0.105. The van der Waals surface area contributed by atoms with Crippen LogP contribution in [0.3, 0.4) is 0 Å². The average Bonchev–Trinajstić information content (AvgIpc) is 2.97. The largest absolute Gasteiger partial charge is 0.383 e. The van der Waals surface area contributed by atoms with Crippen molar-refractivity contribution in [2.24, 2.45) is 7.05 Å². The summed E-state index contributed by atoms with van der Waals surface area (Å²) in [4.78, 5) is 37.3. The van der Waals surface area contributed by atoms with E-state index < -0.39 is 0 Å². The van der Waals surface area contributed by atoms with E-state index in [1.54, 1.807) is 47.6 Å². The molecule has 152 valence electrons. The number of hydrogen-bond acceptors (Lipinski definition) is 4. The first-order chi connectivity index (χ1) is 14.0. The van der Waals surface area contributed by atoms with Crippen molar-refractivity contribution in [1.29, 1.82) is 0 Å². The van der Waals surface area contributed by atoms with E-state index in [2.05, 4.69) is 10.6 Å². The Labute approximate surface area is 168 Å². The molecule has 2 aromatic carbocycles. The van der Waals surface area contributed by atoms with Crippen LogP contribution in [0.2, 0.25) is 0 Å². The summed E-state index contributed by atoms with van der Waals surface area (Å²) in [5, 5.41) is 5.51. The molecule has 1 aromatic heterocycles. The number of methoxy groups -OCH3 is 1. The number of carbonyl (C=O) groups is 2. The van der Waals surface area contributed by atoms with Crippen LogP contribution in [-0.2, 0) is 23.1 Å². The maximum Gasteiger partial charge on any atom is 0.328 e. The molecule has 29 heavy (non-hydrogen) atoms. The number of hydrogen-bond donors (Lipinski definition) is 2. The molecule has 0 saturated heterocycles. The Hall–Kier alpha value is -3.39. The van der Waals surface area contributed by atoms with Gasteiger partial charge in [-0.1, -0.05) is 24.3 Å². The molecule has 0 saturated carbocycles. The highest BCUT2D eigenvalue weighted by atomic mass is 16.5. The molecule has 3 aromatic rings. The maximum atomic E-state index is 12.5. The number of aryl methyl sites for hydroxylation is 2. The molecule has 3 rings (SSSR count). The van der Waals surface area contributed by atoms with Gasteiger partial charge >= 0.3 is 5.69 Å². The van der Waals surface area contributed by atoms with Gasteiger partial charge in [-0.2, -0.15) is 0 Å². The van der Waals surface area contributed by atoms with Crippen molar-refractivity contribution in [1.82, 2.24) is 14.5 Å². The number of amides is 2. The number of para-hydroxylation sites is 3. The van der Waals surface area contributed by atoms with Crippen LogP contribution in [0.15, 0.2) is 53.3 Å². The zero-order valence-corrected chi connectivity index (χ0v) is 16.5. The fraction of sp³-hybridized carbons (Fsp3) is 0.286. The number of imidazole rings is 1. The topological polar surface area (TPSA) is 94.4 Å². The number of carbonyl (C=O) groups excluding carboxylic acids is 2. The molecule has 0 aliphatic rings. The summed E-state index contributed by atoms with van der Waals surface area (Å²) in [6, 6.07) is 14.2. The van der Waals surface area contributed by atoms with Crippen LogP contribution in [0.4, 0.5) is 5.69 Å². The lowest BCUT2D eigenvalue weighted by atomic mass is 10.1. The van der Waals surface area contributed by atoms with E-state index in [1.807, 2.05) is 24.3 Å². The van der Waals surface area contributed by atoms with Gasteiger partial charge < -0.3 is 15.4 Å². The molecule has 0 fully saturated rings. The average molecular weight is 396 g/mol. The Morgan fingerprint density at radius 3 is 2.48 bits per heavy atom. The lowest BCUT2D eigenvalue weighted by molar-refractivity contribution is -0.116. The smallest absolute Gasteiger partial charge is 0.328 e. The molecule has 0 atom stereocenters. The molecule has 8 nitrogen and oxygen atoms in total. The highest BCUT2D eigenvalue weighted by molar-refractivity contribution is 6.03. The van der Waals surface area contributed by atoms with E-state index >= 15 is 0 Å². The molecule has 1 heterocycles. The molecule has 2 N–H and O–H groups in total. The number of benzene rings is 2. The lowest BCUT2D eigenvalue weighted by Gasteiger charge is -2.11. The standard InChI is InChI=1S/C21H24N4O4/c1-24-17-9-5-6-10-18(17)25(21(24)28)13-11-19(26)23-16-8-4-3-7-15(16)20(27)22-12-14-29-2/h3-10H,11-14H2,1-2H3,(H,22,27)(H,23,26). The molecule has 8 heteroatoms. The number of rotatable bonds is 8. The third-order valence-electron chi connectivity index (χ3n) is 4.65. The Morgan fingerprint density at radius 2 is 1.72 bits per heavy atom. The quantitative estimate of drug-likeness (QED) is 0.567. The van der Waals surface area contributed by atoms with Gasteiger partial charge in [-0.15, -0.1) is 0 Å². The van der Waals surface area contributed by atoms with Crippen LogP contribution >= 0.6 is 0 Å². The summed E-state index contributed by atoms with van der Waals surface area (Å²) in [7, 11) is 3.27. The number of fused-ring (bicyclic) bond motifs is 1. The molecule has 0 unspecified atom stereocenters. The first kappa shape index (κ1) is 20.3. The minimum absolute atomic E-state index is 0.105.